The fourth-order valence-corrected chi connectivity index (χ4v) is 5.63. The average Bonchev–Trinajstić information content (AvgIpc) is 3.02. The van der Waals surface area contributed by atoms with E-state index >= 15 is 0 Å². The molecule has 0 bridgehead atoms. The smallest absolute Gasteiger partial charge is 0.244 e. The van der Waals surface area contributed by atoms with E-state index in [0.29, 0.717) is 16.6 Å². The summed E-state index contributed by atoms with van der Waals surface area (Å²) >= 11 is 12.2. The number of rotatable bonds is 10. The van der Waals surface area contributed by atoms with Crippen molar-refractivity contribution in [3.05, 3.63) is 160 Å². The number of halogens is 2. The molecule has 0 spiro atoms. The zero-order valence-electron chi connectivity index (χ0n) is 23.5. The van der Waals surface area contributed by atoms with Crippen LogP contribution in [0.2, 0.25) is 10.0 Å². The van der Waals surface area contributed by atoms with Crippen LogP contribution in [0, 0.1) is 0 Å². The molecule has 1 heterocycles. The van der Waals surface area contributed by atoms with Gasteiger partial charge in [-0.05, 0) is 52.1 Å². The van der Waals surface area contributed by atoms with Gasteiger partial charge in [0.25, 0.3) is 0 Å². The number of nitrogens with one attached hydrogen (secondary N) is 1. The lowest BCUT2D eigenvalue weighted by molar-refractivity contribution is -0.116. The van der Waals surface area contributed by atoms with Gasteiger partial charge in [0, 0.05) is 55.4 Å². The Morgan fingerprint density at radius 2 is 1.21 bits per heavy atom. The maximum Gasteiger partial charge on any atom is 0.244 e. The van der Waals surface area contributed by atoms with Gasteiger partial charge in [0.15, 0.2) is 0 Å². The van der Waals surface area contributed by atoms with Gasteiger partial charge >= 0.3 is 0 Å². The lowest BCUT2D eigenvalue weighted by atomic mass is 9.96. The lowest BCUT2D eigenvalue weighted by Gasteiger charge is -2.39. The molecule has 0 aliphatic carbocycles. The van der Waals surface area contributed by atoms with Crippen LogP contribution >= 0.6 is 23.2 Å². The monoisotopic (exact) mass is 595 g/mol. The van der Waals surface area contributed by atoms with Crippen LogP contribution in [0.4, 0.5) is 0 Å². The first-order valence-electron chi connectivity index (χ1n) is 14.3. The molecule has 0 unspecified atom stereocenters. The van der Waals surface area contributed by atoms with E-state index in [9.17, 15) is 4.79 Å². The SMILES string of the molecule is O=C(C=CC=C(c1ccc(Cl)cc1)c1ccc(Cl)cc1)NCCN1CCN(C(c2ccccc2)c2ccccc2)CC1. The van der Waals surface area contributed by atoms with Gasteiger partial charge in [-0.25, -0.2) is 0 Å². The number of carbonyl (C=O) groups is 1. The molecule has 1 aliphatic heterocycles. The number of nitrogens with zero attached hydrogens (tertiary/aromatic N) is 2. The Bertz CT molecular complexity index is 1390. The Morgan fingerprint density at radius 3 is 1.71 bits per heavy atom. The van der Waals surface area contributed by atoms with Crippen LogP contribution in [0.15, 0.2) is 127 Å². The molecule has 0 atom stereocenters. The fourth-order valence-electron chi connectivity index (χ4n) is 5.38. The summed E-state index contributed by atoms with van der Waals surface area (Å²) in [5.74, 6) is -0.107. The van der Waals surface area contributed by atoms with Crippen LogP contribution in [-0.2, 0) is 4.79 Å². The topological polar surface area (TPSA) is 35.6 Å². The zero-order chi connectivity index (χ0) is 29.1. The minimum Gasteiger partial charge on any atom is -0.351 e. The number of benzene rings is 4. The van der Waals surface area contributed by atoms with Gasteiger partial charge in [-0.1, -0.05) is 120 Å². The zero-order valence-corrected chi connectivity index (χ0v) is 25.0. The minimum absolute atomic E-state index is 0.107. The molecule has 1 amide bonds. The minimum atomic E-state index is -0.107. The van der Waals surface area contributed by atoms with Gasteiger partial charge in [0.1, 0.15) is 0 Å². The van der Waals surface area contributed by atoms with Crippen molar-refractivity contribution < 1.29 is 4.79 Å². The van der Waals surface area contributed by atoms with Crippen LogP contribution in [-0.4, -0.2) is 55.0 Å². The molecule has 4 aromatic carbocycles. The Labute approximate surface area is 258 Å². The molecule has 4 aromatic rings. The summed E-state index contributed by atoms with van der Waals surface area (Å²) in [7, 11) is 0. The summed E-state index contributed by atoms with van der Waals surface area (Å²) in [6, 6.07) is 37.1. The van der Waals surface area contributed by atoms with Crippen LogP contribution in [0.5, 0.6) is 0 Å². The molecule has 6 heteroatoms. The predicted octanol–water partition coefficient (Wildman–Crippen LogP) is 7.50. The summed E-state index contributed by atoms with van der Waals surface area (Å²) in [6.07, 6.45) is 5.31. The highest BCUT2D eigenvalue weighted by atomic mass is 35.5. The molecule has 214 valence electrons. The molecule has 0 aromatic heterocycles. The normalized spacial score (nSPS) is 14.3. The van der Waals surface area contributed by atoms with E-state index in [1.807, 2.05) is 54.6 Å². The highest BCUT2D eigenvalue weighted by molar-refractivity contribution is 6.31. The van der Waals surface area contributed by atoms with Gasteiger partial charge in [0.05, 0.1) is 6.04 Å². The molecule has 0 saturated carbocycles. The molecular weight excluding hydrogens is 561 g/mol. The van der Waals surface area contributed by atoms with Crippen molar-refractivity contribution in [2.75, 3.05) is 39.3 Å². The second-order valence-corrected chi connectivity index (χ2v) is 11.2. The van der Waals surface area contributed by atoms with Gasteiger partial charge in [-0.3, -0.25) is 14.6 Å². The summed E-state index contributed by atoms with van der Waals surface area (Å²) < 4.78 is 0. The Kier molecular flexibility index (Phi) is 10.6. The fraction of sp³-hybridized carbons (Fsp3) is 0.194. The van der Waals surface area contributed by atoms with Crippen molar-refractivity contribution in [1.82, 2.24) is 15.1 Å². The molecule has 1 N–H and O–H groups in total. The van der Waals surface area contributed by atoms with Crippen molar-refractivity contribution in [2.24, 2.45) is 0 Å². The average molecular weight is 597 g/mol. The number of hydrogen-bond acceptors (Lipinski definition) is 3. The molecule has 5 rings (SSSR count). The predicted molar refractivity (Wildman–Crippen MR) is 175 cm³/mol. The van der Waals surface area contributed by atoms with Crippen molar-refractivity contribution in [2.45, 2.75) is 6.04 Å². The standard InChI is InChI=1S/C36H35Cl2N3O/c37-32-18-14-28(15-19-32)34(29-16-20-33(38)21-17-29)12-7-13-35(42)39-22-23-40-24-26-41(27-25-40)36(30-8-3-1-4-9-30)31-10-5-2-6-11-31/h1-21,36H,22-27H2,(H,39,42). The van der Waals surface area contributed by atoms with Gasteiger partial charge in [-0.2, -0.15) is 0 Å². The lowest BCUT2D eigenvalue weighted by Crippen LogP contribution is -2.49. The van der Waals surface area contributed by atoms with Crippen molar-refractivity contribution >= 4 is 34.7 Å². The van der Waals surface area contributed by atoms with Crippen molar-refractivity contribution in [1.29, 1.82) is 0 Å². The van der Waals surface area contributed by atoms with E-state index in [4.69, 9.17) is 23.2 Å². The first kappa shape index (κ1) is 29.8. The summed E-state index contributed by atoms with van der Waals surface area (Å²) in [6.45, 7) is 5.32. The Morgan fingerprint density at radius 1 is 0.714 bits per heavy atom. The number of amides is 1. The Balaban J connectivity index is 1.14. The van der Waals surface area contributed by atoms with Gasteiger partial charge in [0.2, 0.25) is 5.91 Å². The van der Waals surface area contributed by atoms with Crippen molar-refractivity contribution in [3.63, 3.8) is 0 Å². The molecular formula is C36H35Cl2N3O. The highest BCUT2D eigenvalue weighted by Gasteiger charge is 2.26. The maximum absolute atomic E-state index is 12.6. The van der Waals surface area contributed by atoms with Gasteiger partial charge in [-0.15, -0.1) is 0 Å². The van der Waals surface area contributed by atoms with Crippen LogP contribution in [0.1, 0.15) is 28.3 Å². The molecule has 1 saturated heterocycles. The molecule has 42 heavy (non-hydrogen) atoms. The second kappa shape index (κ2) is 15.0. The summed E-state index contributed by atoms with van der Waals surface area (Å²) in [4.78, 5) is 17.6. The van der Waals surface area contributed by atoms with E-state index in [0.717, 1.165) is 49.4 Å². The number of allylic oxidation sites excluding steroid dienone is 2. The third kappa shape index (κ3) is 8.21. The van der Waals surface area contributed by atoms with Crippen molar-refractivity contribution in [3.8, 4) is 0 Å². The third-order valence-corrected chi connectivity index (χ3v) is 8.05. The van der Waals surface area contributed by atoms with Gasteiger partial charge < -0.3 is 5.32 Å². The first-order valence-corrected chi connectivity index (χ1v) is 15.1. The number of carbonyl (C=O) groups excluding carboxylic acids is 1. The van der Waals surface area contributed by atoms with Crippen LogP contribution in [0.3, 0.4) is 0 Å². The molecule has 1 fully saturated rings. The van der Waals surface area contributed by atoms with E-state index in [1.54, 1.807) is 12.2 Å². The van der Waals surface area contributed by atoms with Crippen LogP contribution < -0.4 is 5.32 Å². The first-order chi connectivity index (χ1) is 20.6. The number of hydrogen-bond donors (Lipinski definition) is 1. The summed E-state index contributed by atoms with van der Waals surface area (Å²) in [5, 5.41) is 4.40. The number of piperazine rings is 1. The largest absolute Gasteiger partial charge is 0.351 e. The molecule has 0 radical (unpaired) electrons. The van der Waals surface area contributed by atoms with Crippen LogP contribution in [0.25, 0.3) is 5.57 Å². The summed E-state index contributed by atoms with van der Waals surface area (Å²) in [5.41, 5.74) is 5.64. The maximum atomic E-state index is 12.6. The third-order valence-electron chi connectivity index (χ3n) is 7.55. The second-order valence-electron chi connectivity index (χ2n) is 10.3. The highest BCUT2D eigenvalue weighted by Crippen LogP contribution is 2.29. The van der Waals surface area contributed by atoms with E-state index < -0.39 is 0 Å². The van der Waals surface area contributed by atoms with E-state index in [-0.39, 0.29) is 11.9 Å². The Hall–Kier alpha value is -3.67. The van der Waals surface area contributed by atoms with E-state index in [2.05, 4.69) is 75.8 Å². The van der Waals surface area contributed by atoms with E-state index in [1.165, 1.54) is 11.1 Å². The molecule has 4 nitrogen and oxygen atoms in total. The quantitative estimate of drug-likeness (QED) is 0.152. The molecule has 1 aliphatic rings.